The van der Waals surface area contributed by atoms with Crippen LogP contribution in [0.15, 0.2) is 41.5 Å². The number of benzene rings is 1. The molecule has 0 radical (unpaired) electrons. The summed E-state index contributed by atoms with van der Waals surface area (Å²) >= 11 is 6.51. The maximum Gasteiger partial charge on any atom is 0.262 e. The van der Waals surface area contributed by atoms with Crippen molar-refractivity contribution in [2.75, 3.05) is 13.1 Å². The summed E-state index contributed by atoms with van der Waals surface area (Å²) in [7, 11) is 0. The number of nitrogens with one attached hydrogen (secondary N) is 1. The number of halogens is 1. The third-order valence-electron chi connectivity index (χ3n) is 5.92. The topological polar surface area (TPSA) is 72.1 Å². The molecule has 1 aliphatic carbocycles. The third-order valence-corrected chi connectivity index (χ3v) is 6.19. The Balaban J connectivity index is 1.56. The van der Waals surface area contributed by atoms with Gasteiger partial charge in [0.25, 0.3) is 5.56 Å². The van der Waals surface area contributed by atoms with Crippen molar-refractivity contribution in [1.82, 2.24) is 19.4 Å². The normalized spacial score (nSPS) is 19.2. The molecule has 7 heteroatoms. The fourth-order valence-electron chi connectivity index (χ4n) is 4.15. The minimum atomic E-state index is -0.880. The van der Waals surface area contributed by atoms with Gasteiger partial charge in [-0.1, -0.05) is 23.7 Å². The Labute approximate surface area is 167 Å². The lowest BCUT2D eigenvalue weighted by Gasteiger charge is -2.32. The van der Waals surface area contributed by atoms with E-state index in [-0.39, 0.29) is 12.1 Å². The third kappa shape index (κ3) is 3.15. The number of nitrogens with zero attached hydrogens (tertiary/aromatic N) is 3. The van der Waals surface area contributed by atoms with E-state index in [4.69, 9.17) is 11.6 Å². The van der Waals surface area contributed by atoms with E-state index in [1.807, 2.05) is 16.7 Å². The molecule has 2 aromatic heterocycles. The molecule has 3 aromatic rings. The summed E-state index contributed by atoms with van der Waals surface area (Å²) in [6.07, 6.45) is 5.22. The predicted molar refractivity (Wildman–Crippen MR) is 109 cm³/mol. The van der Waals surface area contributed by atoms with Gasteiger partial charge in [0.1, 0.15) is 11.5 Å². The zero-order valence-corrected chi connectivity index (χ0v) is 16.3. The summed E-state index contributed by atoms with van der Waals surface area (Å²) in [6.45, 7) is 1.75. The largest absolute Gasteiger partial charge is 0.388 e. The van der Waals surface area contributed by atoms with Gasteiger partial charge in [0.05, 0.1) is 17.5 Å². The average molecular weight is 399 g/mol. The fraction of sp³-hybridized carbons (Fsp3) is 0.429. The van der Waals surface area contributed by atoms with Gasteiger partial charge in [-0.2, -0.15) is 0 Å². The number of rotatable bonds is 4. The summed E-state index contributed by atoms with van der Waals surface area (Å²) in [5.41, 5.74) is 1.73. The summed E-state index contributed by atoms with van der Waals surface area (Å²) in [6, 6.07) is 9.97. The minimum absolute atomic E-state index is 0.170. The smallest absolute Gasteiger partial charge is 0.262 e. The molecule has 2 fully saturated rings. The molecule has 0 bridgehead atoms. The lowest BCUT2D eigenvalue weighted by Crippen LogP contribution is -2.46. The van der Waals surface area contributed by atoms with E-state index in [0.717, 1.165) is 18.8 Å². The monoisotopic (exact) mass is 398 g/mol. The molecular formula is C21H23ClN4O2. The zero-order valence-electron chi connectivity index (χ0n) is 15.6. The zero-order chi connectivity index (χ0) is 19.3. The van der Waals surface area contributed by atoms with E-state index >= 15 is 0 Å². The average Bonchev–Trinajstić information content (AvgIpc) is 3.48. The molecule has 1 aromatic carbocycles. The highest BCUT2D eigenvalue weighted by Crippen LogP contribution is 2.40. The molecule has 0 amide bonds. The molecule has 5 rings (SSSR count). The molecule has 2 N–H and O–H groups in total. The first kappa shape index (κ1) is 17.9. The van der Waals surface area contributed by atoms with Gasteiger partial charge in [-0.25, -0.2) is 4.98 Å². The molecule has 3 heterocycles. The number of fused-ring (bicyclic) bond motifs is 1. The van der Waals surface area contributed by atoms with Gasteiger partial charge in [-0.05, 0) is 68.5 Å². The summed E-state index contributed by atoms with van der Waals surface area (Å²) < 4.78 is 3.34. The van der Waals surface area contributed by atoms with Crippen LogP contribution in [0.2, 0.25) is 5.15 Å². The van der Waals surface area contributed by atoms with Crippen LogP contribution >= 0.6 is 11.6 Å². The van der Waals surface area contributed by atoms with Crippen molar-refractivity contribution in [1.29, 1.82) is 0 Å². The van der Waals surface area contributed by atoms with Crippen LogP contribution in [0.4, 0.5) is 0 Å². The van der Waals surface area contributed by atoms with Crippen LogP contribution in [0.5, 0.6) is 0 Å². The molecule has 1 saturated carbocycles. The van der Waals surface area contributed by atoms with Crippen LogP contribution in [0.1, 0.15) is 37.2 Å². The quantitative estimate of drug-likeness (QED) is 0.708. The molecule has 0 spiro atoms. The molecular weight excluding hydrogens is 376 g/mol. The Morgan fingerprint density at radius 2 is 2.04 bits per heavy atom. The van der Waals surface area contributed by atoms with E-state index in [0.29, 0.717) is 34.9 Å². The van der Waals surface area contributed by atoms with Crippen LogP contribution in [-0.4, -0.2) is 37.9 Å². The highest BCUT2D eigenvalue weighted by Gasteiger charge is 2.30. The molecule has 146 valence electrons. The van der Waals surface area contributed by atoms with Gasteiger partial charge in [0.15, 0.2) is 5.65 Å². The van der Waals surface area contributed by atoms with Gasteiger partial charge in [0, 0.05) is 5.69 Å². The fourth-order valence-corrected chi connectivity index (χ4v) is 4.43. The van der Waals surface area contributed by atoms with Gasteiger partial charge in [-0.3, -0.25) is 13.9 Å². The first-order valence-electron chi connectivity index (χ1n) is 9.84. The van der Waals surface area contributed by atoms with Crippen molar-refractivity contribution in [2.24, 2.45) is 0 Å². The second-order valence-corrected chi connectivity index (χ2v) is 8.45. The van der Waals surface area contributed by atoms with Crippen molar-refractivity contribution in [3.8, 4) is 5.69 Å². The van der Waals surface area contributed by atoms with Crippen molar-refractivity contribution in [3.63, 3.8) is 0 Å². The highest BCUT2D eigenvalue weighted by molar-refractivity contribution is 6.31. The van der Waals surface area contributed by atoms with Crippen LogP contribution in [-0.2, 0) is 6.54 Å². The number of aliphatic hydroxyl groups is 1. The SMILES string of the molecule is O=c1c2cc(Cl)n(-c3cccc(C4CC4)c3)c2ncn1CC1(O)CCNCC1. The molecule has 1 aliphatic heterocycles. The number of hydrogen-bond donors (Lipinski definition) is 2. The van der Waals surface area contributed by atoms with E-state index in [2.05, 4.69) is 22.4 Å². The summed E-state index contributed by atoms with van der Waals surface area (Å²) in [4.78, 5) is 17.6. The maximum atomic E-state index is 13.1. The van der Waals surface area contributed by atoms with Crippen LogP contribution in [0.3, 0.4) is 0 Å². The Bertz CT molecular complexity index is 1090. The number of aromatic nitrogens is 3. The molecule has 6 nitrogen and oxygen atoms in total. The summed E-state index contributed by atoms with van der Waals surface area (Å²) in [5.74, 6) is 0.636. The van der Waals surface area contributed by atoms with Crippen LogP contribution in [0.25, 0.3) is 16.7 Å². The van der Waals surface area contributed by atoms with E-state index in [9.17, 15) is 9.90 Å². The van der Waals surface area contributed by atoms with Gasteiger partial charge in [0.2, 0.25) is 0 Å². The Morgan fingerprint density at radius 3 is 2.79 bits per heavy atom. The van der Waals surface area contributed by atoms with E-state index in [1.165, 1.54) is 29.3 Å². The highest BCUT2D eigenvalue weighted by atomic mass is 35.5. The minimum Gasteiger partial charge on any atom is -0.388 e. The van der Waals surface area contributed by atoms with Crippen LogP contribution in [0, 0.1) is 0 Å². The standard InChI is InChI=1S/C21H23ClN4O2/c22-18-11-17-19(26(18)16-3-1-2-15(10-16)14-4-5-14)24-13-25(20(17)27)12-21(28)6-8-23-9-7-21/h1-3,10-11,13-14,23,28H,4-9,12H2. The number of hydrogen-bond acceptors (Lipinski definition) is 4. The van der Waals surface area contributed by atoms with E-state index in [1.54, 1.807) is 6.07 Å². The molecule has 2 aliphatic rings. The first-order valence-corrected chi connectivity index (χ1v) is 10.2. The Kier molecular flexibility index (Phi) is 4.30. The molecule has 1 saturated heterocycles. The maximum absolute atomic E-state index is 13.1. The second kappa shape index (κ2) is 6.72. The van der Waals surface area contributed by atoms with Gasteiger partial charge < -0.3 is 10.4 Å². The van der Waals surface area contributed by atoms with Crippen molar-refractivity contribution in [3.05, 3.63) is 57.7 Å². The van der Waals surface area contributed by atoms with Crippen LogP contribution < -0.4 is 10.9 Å². The Morgan fingerprint density at radius 1 is 1.25 bits per heavy atom. The van der Waals surface area contributed by atoms with Gasteiger partial charge >= 0.3 is 0 Å². The lowest BCUT2D eigenvalue weighted by molar-refractivity contribution is -0.00627. The van der Waals surface area contributed by atoms with E-state index < -0.39 is 5.60 Å². The van der Waals surface area contributed by atoms with Gasteiger partial charge in [-0.15, -0.1) is 0 Å². The van der Waals surface area contributed by atoms with Crippen molar-refractivity contribution in [2.45, 2.75) is 43.7 Å². The first-order chi connectivity index (χ1) is 13.5. The molecule has 0 atom stereocenters. The summed E-state index contributed by atoms with van der Waals surface area (Å²) in [5, 5.41) is 15.0. The molecule has 0 unspecified atom stereocenters. The van der Waals surface area contributed by atoms with Crippen molar-refractivity contribution < 1.29 is 5.11 Å². The second-order valence-electron chi connectivity index (χ2n) is 8.06. The predicted octanol–water partition coefficient (Wildman–Crippen LogP) is 2.83. The number of piperidine rings is 1. The lowest BCUT2D eigenvalue weighted by atomic mass is 9.92. The van der Waals surface area contributed by atoms with Crippen molar-refractivity contribution >= 4 is 22.6 Å². The molecule has 28 heavy (non-hydrogen) atoms. The Hall–Kier alpha value is -2.15.